The van der Waals surface area contributed by atoms with Gasteiger partial charge in [-0.05, 0) is 30.3 Å². The highest BCUT2D eigenvalue weighted by atomic mass is 79.9. The number of hydrogen-bond acceptors (Lipinski definition) is 6. The van der Waals surface area contributed by atoms with E-state index < -0.39 is 15.5 Å². The van der Waals surface area contributed by atoms with Gasteiger partial charge < -0.3 is 10.6 Å². The van der Waals surface area contributed by atoms with Gasteiger partial charge in [0.25, 0.3) is 11.4 Å². The van der Waals surface area contributed by atoms with Gasteiger partial charge in [-0.1, -0.05) is 15.9 Å². The molecular weight excluding hydrogens is 396 g/mol. The first-order chi connectivity index (χ1) is 11.9. The van der Waals surface area contributed by atoms with Gasteiger partial charge in [-0.15, -0.1) is 0 Å². The van der Waals surface area contributed by atoms with Crippen LogP contribution in [0.3, 0.4) is 0 Å². The molecule has 25 heavy (non-hydrogen) atoms. The highest BCUT2D eigenvalue weighted by Crippen LogP contribution is 2.28. The maximum Gasteiger partial charge on any atom is 0.299 e. The molecule has 10 heteroatoms. The number of non-ortho nitro benzene ring substituents is 1. The average molecular weight is 409 g/mol. The molecule has 130 valence electrons. The maximum absolute atomic E-state index is 11.9. The molecule has 9 nitrogen and oxygen atoms in total. The molecule has 0 aliphatic heterocycles. The topological polar surface area (TPSA) is 127 Å². The van der Waals surface area contributed by atoms with E-state index in [-0.39, 0.29) is 30.2 Å². The molecule has 0 saturated heterocycles. The predicted molar refractivity (Wildman–Crippen MR) is 95.6 cm³/mol. The molecule has 2 rings (SSSR count). The van der Waals surface area contributed by atoms with Gasteiger partial charge in [0.15, 0.2) is 0 Å². The molecule has 0 spiro atoms. The third kappa shape index (κ3) is 5.24. The van der Waals surface area contributed by atoms with Crippen molar-refractivity contribution < 1.29 is 14.6 Å². The van der Waals surface area contributed by atoms with Crippen LogP contribution in [-0.4, -0.2) is 22.3 Å². The molecule has 0 aliphatic carbocycles. The zero-order chi connectivity index (χ0) is 18.4. The van der Waals surface area contributed by atoms with Crippen molar-refractivity contribution in [3.63, 3.8) is 0 Å². The quantitative estimate of drug-likeness (QED) is 0.530. The van der Waals surface area contributed by atoms with E-state index in [0.29, 0.717) is 5.69 Å². The number of rotatable bonds is 7. The lowest BCUT2D eigenvalue weighted by atomic mass is 10.2. The minimum Gasteiger partial charge on any atom is -0.379 e. The number of anilines is 2. The van der Waals surface area contributed by atoms with Crippen LogP contribution in [0.1, 0.15) is 6.42 Å². The number of nitro benzene ring substituents is 2. The van der Waals surface area contributed by atoms with E-state index in [1.807, 2.05) is 0 Å². The van der Waals surface area contributed by atoms with Crippen LogP contribution in [0.15, 0.2) is 46.9 Å². The van der Waals surface area contributed by atoms with Crippen molar-refractivity contribution in [2.45, 2.75) is 6.42 Å². The van der Waals surface area contributed by atoms with Crippen molar-refractivity contribution in [2.24, 2.45) is 0 Å². The Morgan fingerprint density at radius 2 is 1.72 bits per heavy atom. The first-order valence-electron chi connectivity index (χ1n) is 7.09. The maximum atomic E-state index is 11.9. The lowest BCUT2D eigenvalue weighted by Crippen LogP contribution is -2.16. The van der Waals surface area contributed by atoms with Gasteiger partial charge in [0, 0.05) is 29.2 Å². The van der Waals surface area contributed by atoms with Gasteiger partial charge in [-0.25, -0.2) is 0 Å². The van der Waals surface area contributed by atoms with E-state index in [9.17, 15) is 25.0 Å². The largest absolute Gasteiger partial charge is 0.379 e. The van der Waals surface area contributed by atoms with Crippen LogP contribution in [0.2, 0.25) is 0 Å². The van der Waals surface area contributed by atoms with Gasteiger partial charge in [0.1, 0.15) is 5.69 Å². The first-order valence-corrected chi connectivity index (χ1v) is 7.88. The Labute approximate surface area is 150 Å². The molecule has 0 fully saturated rings. The summed E-state index contributed by atoms with van der Waals surface area (Å²) in [6, 6.07) is 10.3. The number of hydrogen-bond donors (Lipinski definition) is 2. The second-order valence-corrected chi connectivity index (χ2v) is 5.86. The Hall–Kier alpha value is -3.01. The molecule has 1 amide bonds. The van der Waals surface area contributed by atoms with E-state index in [1.54, 1.807) is 24.3 Å². The molecule has 2 aromatic rings. The zero-order valence-electron chi connectivity index (χ0n) is 12.8. The van der Waals surface area contributed by atoms with E-state index in [2.05, 4.69) is 26.6 Å². The zero-order valence-corrected chi connectivity index (χ0v) is 14.4. The summed E-state index contributed by atoms with van der Waals surface area (Å²) < 4.78 is 0.887. The molecule has 0 heterocycles. The van der Waals surface area contributed by atoms with Crippen LogP contribution in [0.25, 0.3) is 0 Å². The smallest absolute Gasteiger partial charge is 0.299 e. The molecule has 0 bridgehead atoms. The molecule has 2 N–H and O–H groups in total. The molecule has 0 unspecified atom stereocenters. The third-order valence-electron chi connectivity index (χ3n) is 3.18. The fourth-order valence-electron chi connectivity index (χ4n) is 2.00. The minimum absolute atomic E-state index is 0.0736. The van der Waals surface area contributed by atoms with Crippen molar-refractivity contribution in [1.29, 1.82) is 0 Å². The number of amides is 1. The van der Waals surface area contributed by atoms with E-state index >= 15 is 0 Å². The molecular formula is C15H13BrN4O5. The molecule has 0 atom stereocenters. The summed E-state index contributed by atoms with van der Waals surface area (Å²) >= 11 is 3.29. The highest BCUT2D eigenvalue weighted by Gasteiger charge is 2.19. The number of carbonyl (C=O) groups is 1. The second kappa shape index (κ2) is 8.20. The van der Waals surface area contributed by atoms with Gasteiger partial charge in [0.05, 0.1) is 15.9 Å². The van der Waals surface area contributed by atoms with Crippen molar-refractivity contribution in [3.8, 4) is 0 Å². The Balaban J connectivity index is 1.94. The summed E-state index contributed by atoms with van der Waals surface area (Å²) in [4.78, 5) is 32.2. The van der Waals surface area contributed by atoms with Crippen LogP contribution >= 0.6 is 15.9 Å². The lowest BCUT2D eigenvalue weighted by Gasteiger charge is -2.08. The summed E-state index contributed by atoms with van der Waals surface area (Å²) in [5, 5.41) is 27.2. The first kappa shape index (κ1) is 18.3. The third-order valence-corrected chi connectivity index (χ3v) is 3.71. The standard InChI is InChI=1S/C15H13BrN4O5/c16-10-1-3-11(4-2-10)18-15(21)7-8-17-13-6-5-12(19(22)23)9-14(13)20(24)25/h1-6,9,17H,7-8H2,(H,18,21). The van der Waals surface area contributed by atoms with E-state index in [0.717, 1.165) is 16.6 Å². The van der Waals surface area contributed by atoms with Crippen LogP contribution in [0.4, 0.5) is 22.7 Å². The summed E-state index contributed by atoms with van der Waals surface area (Å²) in [6.45, 7) is 0.140. The Morgan fingerprint density at radius 3 is 2.32 bits per heavy atom. The number of carbonyl (C=O) groups excluding carboxylic acids is 1. The summed E-state index contributed by atoms with van der Waals surface area (Å²) in [5.41, 5.74) is -0.0330. The van der Waals surface area contributed by atoms with Gasteiger partial charge in [-0.3, -0.25) is 25.0 Å². The van der Waals surface area contributed by atoms with Crippen molar-refractivity contribution >= 4 is 44.6 Å². The van der Waals surface area contributed by atoms with Gasteiger partial charge in [-0.2, -0.15) is 0 Å². The van der Waals surface area contributed by atoms with Gasteiger partial charge >= 0.3 is 0 Å². The van der Waals surface area contributed by atoms with E-state index in [4.69, 9.17) is 0 Å². The van der Waals surface area contributed by atoms with Crippen LogP contribution in [0.5, 0.6) is 0 Å². The Bertz CT molecular complexity index is 810. The summed E-state index contributed by atoms with van der Waals surface area (Å²) in [6.07, 6.45) is 0.0736. The Kier molecular flexibility index (Phi) is 6.01. The monoisotopic (exact) mass is 408 g/mol. The second-order valence-electron chi connectivity index (χ2n) is 4.95. The summed E-state index contributed by atoms with van der Waals surface area (Å²) in [7, 11) is 0. The molecule has 0 radical (unpaired) electrons. The number of nitrogens with zero attached hydrogens (tertiary/aromatic N) is 2. The fraction of sp³-hybridized carbons (Fsp3) is 0.133. The van der Waals surface area contributed by atoms with Gasteiger partial charge in [0.2, 0.25) is 5.91 Å². The fourth-order valence-corrected chi connectivity index (χ4v) is 2.27. The molecule has 0 aliphatic rings. The number of nitrogens with one attached hydrogen (secondary N) is 2. The minimum atomic E-state index is -0.711. The SMILES string of the molecule is O=C(CCNc1ccc([N+](=O)[O-])cc1[N+](=O)[O-])Nc1ccc(Br)cc1. The molecule has 2 aromatic carbocycles. The van der Waals surface area contributed by atoms with Crippen LogP contribution in [-0.2, 0) is 4.79 Å². The van der Waals surface area contributed by atoms with E-state index in [1.165, 1.54) is 6.07 Å². The number of benzene rings is 2. The lowest BCUT2D eigenvalue weighted by molar-refractivity contribution is -0.393. The number of nitro groups is 2. The average Bonchev–Trinajstić information content (AvgIpc) is 2.56. The van der Waals surface area contributed by atoms with Crippen LogP contribution in [0, 0.1) is 20.2 Å². The van der Waals surface area contributed by atoms with Crippen molar-refractivity contribution in [1.82, 2.24) is 0 Å². The molecule has 0 saturated carbocycles. The van der Waals surface area contributed by atoms with Crippen molar-refractivity contribution in [2.75, 3.05) is 17.2 Å². The highest BCUT2D eigenvalue weighted by molar-refractivity contribution is 9.10. The molecule has 0 aromatic heterocycles. The predicted octanol–water partition coefficient (Wildman–Crippen LogP) is 3.71. The summed E-state index contributed by atoms with van der Waals surface area (Å²) in [5.74, 6) is -0.264. The van der Waals surface area contributed by atoms with Crippen molar-refractivity contribution in [3.05, 3.63) is 67.2 Å². The van der Waals surface area contributed by atoms with Crippen LogP contribution < -0.4 is 10.6 Å². The Morgan fingerprint density at radius 1 is 1.04 bits per heavy atom. The number of halogens is 1. The normalized spacial score (nSPS) is 10.1.